The summed E-state index contributed by atoms with van der Waals surface area (Å²) in [7, 11) is 0. The van der Waals surface area contributed by atoms with Crippen LogP contribution in [0.4, 0.5) is 0 Å². The summed E-state index contributed by atoms with van der Waals surface area (Å²) < 4.78 is 23.5. The second-order valence-corrected chi connectivity index (χ2v) is 10.7. The van der Waals surface area contributed by atoms with Crippen molar-refractivity contribution in [1.29, 1.82) is 0 Å². The minimum absolute atomic E-state index is 0.169. The van der Waals surface area contributed by atoms with Gasteiger partial charge >= 0.3 is 12.8 Å². The van der Waals surface area contributed by atoms with E-state index in [9.17, 15) is 9.36 Å². The molecule has 0 bridgehead atoms. The zero-order valence-corrected chi connectivity index (χ0v) is 17.9. The van der Waals surface area contributed by atoms with Crippen molar-refractivity contribution in [3.8, 4) is 5.75 Å². The van der Waals surface area contributed by atoms with Crippen molar-refractivity contribution in [3.05, 3.63) is 36.5 Å². The number of nitrogens with one attached hydrogen (secondary N) is 1. The largest absolute Gasteiger partial charge is 0.464 e. The number of aromatic nitrogens is 1. The molecule has 0 radical (unpaired) electrons. The fourth-order valence-corrected chi connectivity index (χ4v) is 4.02. The van der Waals surface area contributed by atoms with Crippen LogP contribution in [0.15, 0.2) is 36.5 Å². The Bertz CT molecular complexity index is 851. The van der Waals surface area contributed by atoms with Crippen LogP contribution in [0.2, 0.25) is 0 Å². The van der Waals surface area contributed by atoms with Crippen LogP contribution in [0.25, 0.3) is 10.9 Å². The van der Waals surface area contributed by atoms with Crippen LogP contribution in [-0.2, 0) is 14.1 Å². The number of rotatable bonds is 7. The molecule has 27 heavy (non-hydrogen) atoms. The van der Waals surface area contributed by atoms with Gasteiger partial charge in [0.15, 0.2) is 0 Å². The molecule has 0 aliphatic rings. The van der Waals surface area contributed by atoms with Crippen molar-refractivity contribution in [3.63, 3.8) is 0 Å². The third-order valence-electron chi connectivity index (χ3n) is 3.66. The molecule has 0 saturated heterocycles. The molecule has 1 unspecified atom stereocenters. The molecule has 0 saturated carbocycles. The van der Waals surface area contributed by atoms with Gasteiger partial charge in [-0.3, -0.25) is 9.78 Å². The van der Waals surface area contributed by atoms with Crippen molar-refractivity contribution < 1.29 is 18.6 Å². The van der Waals surface area contributed by atoms with Gasteiger partial charge in [0.1, 0.15) is 11.8 Å². The zero-order chi connectivity index (χ0) is 20.2. The molecule has 2 aromatic rings. The number of fused-ring (bicyclic) bond motifs is 1. The van der Waals surface area contributed by atoms with Gasteiger partial charge in [0.2, 0.25) is 0 Å². The molecular formula is C19H26ClN2O4P. The zero-order valence-electron chi connectivity index (χ0n) is 16.2. The van der Waals surface area contributed by atoms with E-state index in [0.29, 0.717) is 5.75 Å². The lowest BCUT2D eigenvalue weighted by atomic mass is 9.98. The van der Waals surface area contributed by atoms with E-state index in [2.05, 4.69) is 10.1 Å². The van der Waals surface area contributed by atoms with E-state index in [0.717, 1.165) is 10.9 Å². The number of hydrogen-bond acceptors (Lipinski definition) is 5. The van der Waals surface area contributed by atoms with Gasteiger partial charge in [-0.05, 0) is 35.6 Å². The van der Waals surface area contributed by atoms with Crippen molar-refractivity contribution in [2.24, 2.45) is 11.3 Å². The van der Waals surface area contributed by atoms with Crippen LogP contribution >= 0.6 is 18.1 Å². The lowest BCUT2D eigenvalue weighted by molar-refractivity contribution is -0.149. The van der Waals surface area contributed by atoms with Crippen LogP contribution in [0.1, 0.15) is 34.6 Å². The highest BCUT2D eigenvalue weighted by Crippen LogP contribution is 2.49. The summed E-state index contributed by atoms with van der Waals surface area (Å²) in [5.41, 5.74) is 0.616. The first kappa shape index (κ1) is 21.7. The summed E-state index contributed by atoms with van der Waals surface area (Å²) in [6.07, 6.45) is 1.69. The molecule has 0 spiro atoms. The lowest BCUT2D eigenvalue weighted by Gasteiger charge is -2.25. The van der Waals surface area contributed by atoms with Gasteiger partial charge in [-0.1, -0.05) is 40.7 Å². The monoisotopic (exact) mass is 412 g/mol. The molecular weight excluding hydrogens is 387 g/mol. The Hall–Kier alpha value is -1.62. The van der Waals surface area contributed by atoms with Gasteiger partial charge in [0.25, 0.3) is 0 Å². The van der Waals surface area contributed by atoms with Crippen LogP contribution in [0, 0.1) is 11.3 Å². The van der Waals surface area contributed by atoms with Gasteiger partial charge in [-0.2, -0.15) is 0 Å². The van der Waals surface area contributed by atoms with Crippen molar-refractivity contribution in [2.45, 2.75) is 40.7 Å². The highest BCUT2D eigenvalue weighted by Gasteiger charge is 2.33. The Kier molecular flexibility index (Phi) is 6.90. The molecule has 2 rings (SSSR count). The van der Waals surface area contributed by atoms with Crippen LogP contribution < -0.4 is 9.61 Å². The van der Waals surface area contributed by atoms with E-state index in [-0.39, 0.29) is 17.9 Å². The summed E-state index contributed by atoms with van der Waals surface area (Å²) in [6, 6.07) is 7.89. The number of esters is 1. The predicted octanol–water partition coefficient (Wildman–Crippen LogP) is 5.16. The van der Waals surface area contributed by atoms with Crippen molar-refractivity contribution >= 4 is 35.0 Å². The van der Waals surface area contributed by atoms with Crippen LogP contribution in [0.3, 0.4) is 0 Å². The summed E-state index contributed by atoms with van der Waals surface area (Å²) in [6.45, 7) is 5.94. The molecule has 1 N–H and O–H groups in total. The Morgan fingerprint density at radius 2 is 2.00 bits per heavy atom. The fourth-order valence-electron chi connectivity index (χ4n) is 2.29. The normalized spacial score (nSPS) is 15.4. The van der Waals surface area contributed by atoms with E-state index >= 15 is 0 Å². The maximum atomic E-state index is 12.7. The van der Waals surface area contributed by atoms with Gasteiger partial charge < -0.3 is 9.26 Å². The average molecular weight is 413 g/mol. The highest BCUT2D eigenvalue weighted by atomic mass is 35.7. The van der Waals surface area contributed by atoms with E-state index < -0.39 is 18.9 Å². The van der Waals surface area contributed by atoms with E-state index in [1.165, 1.54) is 0 Å². The van der Waals surface area contributed by atoms with Gasteiger partial charge in [0, 0.05) is 22.8 Å². The van der Waals surface area contributed by atoms with Gasteiger partial charge in [-0.25, -0.2) is 9.65 Å². The first-order chi connectivity index (χ1) is 12.5. The standard InChI is InChI=1S/C19H26ClN2O4P/c1-13(2)17(18(23)25-12-19(3,4)5)22-27(20,24)26-15-8-9-16-14(11-15)7-6-10-21-16/h6-11,13,17H,12H2,1-5H3,(H,22,24)/t17-,27?/m0/s1. The number of carbonyl (C=O) groups is 1. The Balaban J connectivity index is 2.10. The summed E-state index contributed by atoms with van der Waals surface area (Å²) in [5, 5.41) is 3.46. The van der Waals surface area contributed by atoms with Gasteiger partial charge in [0.05, 0.1) is 12.1 Å². The first-order valence-corrected chi connectivity index (χ1v) is 11.3. The molecule has 1 aromatic heterocycles. The molecule has 6 nitrogen and oxygen atoms in total. The van der Waals surface area contributed by atoms with Crippen LogP contribution in [0.5, 0.6) is 5.75 Å². The quantitative estimate of drug-likeness (QED) is 0.499. The van der Waals surface area contributed by atoms with E-state index in [1.807, 2.05) is 40.7 Å². The number of carbonyl (C=O) groups excluding carboxylic acids is 1. The smallest absolute Gasteiger partial charge is 0.409 e. The molecule has 0 amide bonds. The number of nitrogens with zero attached hydrogens (tertiary/aromatic N) is 1. The number of benzene rings is 1. The molecule has 1 aromatic carbocycles. The van der Waals surface area contributed by atoms with Crippen LogP contribution in [-0.4, -0.2) is 23.6 Å². The molecule has 1 heterocycles. The summed E-state index contributed by atoms with van der Waals surface area (Å²) in [4.78, 5) is 16.6. The SMILES string of the molecule is CC(C)[C@H](NP(=O)(Cl)Oc1ccc2ncccc2c1)C(=O)OCC(C)(C)C. The van der Waals surface area contributed by atoms with E-state index in [4.69, 9.17) is 20.5 Å². The molecule has 2 atom stereocenters. The molecule has 0 aliphatic heterocycles. The third-order valence-corrected chi connectivity index (χ3v) is 5.19. The molecule has 0 aliphatic carbocycles. The molecule has 148 valence electrons. The predicted molar refractivity (Wildman–Crippen MR) is 108 cm³/mol. The van der Waals surface area contributed by atoms with Crippen molar-refractivity contribution in [2.75, 3.05) is 6.61 Å². The molecule has 0 fully saturated rings. The number of halogens is 1. The highest BCUT2D eigenvalue weighted by molar-refractivity contribution is 7.84. The maximum Gasteiger partial charge on any atom is 0.409 e. The Labute approximate surface area is 164 Å². The first-order valence-electron chi connectivity index (χ1n) is 8.75. The van der Waals surface area contributed by atoms with E-state index in [1.54, 1.807) is 30.5 Å². The van der Waals surface area contributed by atoms with Crippen molar-refractivity contribution in [1.82, 2.24) is 10.1 Å². The minimum atomic E-state index is -3.82. The number of hydrogen-bond donors (Lipinski definition) is 1. The third kappa shape index (κ3) is 6.80. The summed E-state index contributed by atoms with van der Waals surface area (Å²) in [5.74, 6) is -0.368. The second kappa shape index (κ2) is 8.59. The fraction of sp³-hybridized carbons (Fsp3) is 0.474. The topological polar surface area (TPSA) is 77.5 Å². The summed E-state index contributed by atoms with van der Waals surface area (Å²) >= 11 is 6.09. The molecule has 8 heteroatoms. The lowest BCUT2D eigenvalue weighted by Crippen LogP contribution is -2.41. The number of pyridine rings is 1. The Morgan fingerprint density at radius 3 is 2.63 bits per heavy atom. The maximum absolute atomic E-state index is 12.7. The van der Waals surface area contributed by atoms with Gasteiger partial charge in [-0.15, -0.1) is 0 Å². The average Bonchev–Trinajstić information content (AvgIpc) is 2.56. The second-order valence-electron chi connectivity index (χ2n) is 7.95. The Morgan fingerprint density at radius 1 is 1.30 bits per heavy atom. The number of ether oxygens (including phenoxy) is 1. The minimum Gasteiger partial charge on any atom is -0.464 e.